The van der Waals surface area contributed by atoms with Gasteiger partial charge in [-0.15, -0.1) is 0 Å². The number of aryl methyl sites for hydroxylation is 16. The van der Waals surface area contributed by atoms with Gasteiger partial charge >= 0.3 is 0 Å². The third kappa shape index (κ3) is 62.6. The summed E-state index contributed by atoms with van der Waals surface area (Å²) in [5.74, 6) is 0.788. The van der Waals surface area contributed by atoms with Crippen LogP contribution < -0.4 is 0 Å². The summed E-state index contributed by atoms with van der Waals surface area (Å²) >= 11 is 0. The Morgan fingerprint density at radius 1 is 0.160 bits per heavy atom. The second-order valence-corrected chi connectivity index (χ2v) is 26.7. The Bertz CT molecular complexity index is 4270. The van der Waals surface area contributed by atoms with Gasteiger partial charge in [0.1, 0.15) is 0 Å². The fourth-order valence-electron chi connectivity index (χ4n) is 10.5. The summed E-state index contributed by atoms with van der Waals surface area (Å²) in [4.78, 5) is 25.9. The molecule has 15 rings (SSSR count). The lowest BCUT2D eigenvalue weighted by Gasteiger charge is -2.02. The maximum Gasteiger partial charge on any atom is 0.159 e. The van der Waals surface area contributed by atoms with Crippen molar-refractivity contribution >= 4 is 32.4 Å². The first kappa shape index (κ1) is 135. The molecule has 0 amide bonds. The number of pyridine rings is 4. The van der Waals surface area contributed by atoms with Crippen molar-refractivity contribution in [2.75, 3.05) is 0 Å². The third-order valence-electron chi connectivity index (χ3n) is 16.6. The molecule has 5 heterocycles. The smallest absolute Gasteiger partial charge is 0.159 e. The molecule has 15 aromatic rings. The summed E-state index contributed by atoms with van der Waals surface area (Å²) in [6, 6.07) is 89.5. The van der Waals surface area contributed by atoms with E-state index in [2.05, 4.69) is 363 Å². The summed E-state index contributed by atoms with van der Waals surface area (Å²) in [6.07, 6.45) is 12.2. The highest BCUT2D eigenvalue weighted by Gasteiger charge is 2.03. The van der Waals surface area contributed by atoms with E-state index in [4.69, 9.17) is 0 Å². The van der Waals surface area contributed by atoms with E-state index in [0.29, 0.717) is 0 Å². The fraction of sp³-hybridized carbons (Fsp3) is 0.376. The van der Waals surface area contributed by atoms with E-state index in [1.54, 1.807) is 0 Å². The van der Waals surface area contributed by atoms with Gasteiger partial charge in [-0.25, -0.2) is 9.97 Å². The second kappa shape index (κ2) is 92.0. The Kier molecular flexibility index (Phi) is 94.9. The van der Waals surface area contributed by atoms with Crippen LogP contribution in [0.2, 0.25) is 0 Å². The van der Waals surface area contributed by atoms with E-state index in [1.165, 1.54) is 127 Å². The number of fused-ring (bicyclic) bond motifs is 3. The zero-order valence-electron chi connectivity index (χ0n) is 92.1. The van der Waals surface area contributed by atoms with Gasteiger partial charge in [0.25, 0.3) is 0 Å². The Morgan fingerprint density at radius 2 is 0.420 bits per heavy atom. The Balaban J connectivity index is -0.000000211. The van der Waals surface area contributed by atoms with E-state index in [0.717, 1.165) is 46.0 Å². The molecule has 5 aromatic heterocycles. The van der Waals surface area contributed by atoms with Gasteiger partial charge < -0.3 is 0 Å². The number of nitrogens with zero attached hydrogens (tertiary/aromatic N) is 6. The van der Waals surface area contributed by atoms with Crippen molar-refractivity contribution in [2.24, 2.45) is 0 Å². The SMILES string of the molecule is CC.CC.CC.CC.CC.CC.CC.CC.CC.CC.CC.CC.CC.CC.CC.Cc1ccc(-c2ccc(C)cc2)cc1.Cc1ccc(-c2ccc(C)cn2)cc1.Cc1ccc(-c2ncc(C)cn2)cc1.Cc1ccc(C)cc1.Cc1ccc(Cc2ccc(C)cn2)cc1.Cc1ccc2cc(C)ccc2c1.Cc1ccc2cc(C)ncc2c1.Cc1cnc2cc(C)ccc2c1. The highest BCUT2D eigenvalue weighted by Crippen LogP contribution is 2.23. The van der Waals surface area contributed by atoms with Crippen LogP contribution in [0.25, 0.3) is 66.2 Å². The molecule has 0 spiro atoms. The van der Waals surface area contributed by atoms with Crippen molar-refractivity contribution in [1.29, 1.82) is 0 Å². The molecule has 0 aliphatic rings. The molecule has 10 aromatic carbocycles. The van der Waals surface area contributed by atoms with Crippen molar-refractivity contribution in [3.05, 3.63) is 392 Å². The molecule has 0 aliphatic heterocycles. The van der Waals surface area contributed by atoms with Gasteiger partial charge in [0.15, 0.2) is 5.82 Å². The molecule has 131 heavy (non-hydrogen) atoms. The van der Waals surface area contributed by atoms with E-state index >= 15 is 0 Å². The average Bonchev–Trinajstić information content (AvgIpc) is 0.469. The molecule has 718 valence electrons. The minimum Gasteiger partial charge on any atom is -0.261 e. The molecule has 0 saturated carbocycles. The third-order valence-corrected chi connectivity index (χ3v) is 16.6. The van der Waals surface area contributed by atoms with Crippen LogP contribution in [-0.2, 0) is 6.42 Å². The minimum absolute atomic E-state index is 0.788. The van der Waals surface area contributed by atoms with Crippen LogP contribution in [0.15, 0.2) is 292 Å². The zero-order chi connectivity index (χ0) is 102. The minimum atomic E-state index is 0.788. The molecular formula is C125H188N6. The summed E-state index contributed by atoms with van der Waals surface area (Å²) in [5.41, 5.74) is 29.5. The molecule has 0 aliphatic carbocycles. The predicted octanol–water partition coefficient (Wildman–Crippen LogP) is 40.2. The predicted molar refractivity (Wildman–Crippen MR) is 602 cm³/mol. The lowest BCUT2D eigenvalue weighted by Crippen LogP contribution is -1.92. The molecule has 0 N–H and O–H groups in total. The lowest BCUT2D eigenvalue weighted by molar-refractivity contribution is 1.06. The van der Waals surface area contributed by atoms with Gasteiger partial charge in [-0.2, -0.15) is 0 Å². The highest BCUT2D eigenvalue weighted by atomic mass is 14.9. The summed E-state index contributed by atoms with van der Waals surface area (Å²) in [7, 11) is 0. The molecular weight excluding hydrogens is 1590 g/mol. The standard InChI is InChI=1S/C14H15N.C14H14.C13H13N.C12H12N2.C12H12.2C11H11N.C8H10.15C2H6/c1-11-3-6-13(7-4-11)9-14-8-5-12(2)10-15-14;1-11-3-7-13(8-4-11)14-9-5-12(2)6-10-14;1-10-3-6-12(7-4-10)13-8-5-11(2)9-14-13;1-9-3-5-11(6-4-9)12-13-7-10(2)8-14-12;1-9-3-5-12-8-10(2)4-6-11(12)7-9;1-8-3-4-10-5-9(2)7-12-11(10)6-8;1-8-3-4-10-6-9(2)12-7-11(10)5-8;1-7-3-5-8(2)6-4-7;15*1-2/h3-8,10H,9H2,1-2H3;3-10H,1-2H3;3-9H,1-2H3;3-8H,1-2H3;3-8H,1-2H3;2*3-7H,1-2H3;3-6H,1-2H3;15*1-2H3. The Hall–Kier alpha value is -11.3. The van der Waals surface area contributed by atoms with Crippen molar-refractivity contribution in [3.8, 4) is 33.8 Å². The van der Waals surface area contributed by atoms with E-state index in [1.807, 2.05) is 278 Å². The summed E-state index contributed by atoms with van der Waals surface area (Å²) in [6.45, 7) is 93.3. The molecule has 6 heteroatoms. The van der Waals surface area contributed by atoms with Gasteiger partial charge in [0, 0.05) is 76.9 Å². The maximum absolute atomic E-state index is 4.40. The number of hydrogen-bond acceptors (Lipinski definition) is 6. The van der Waals surface area contributed by atoms with E-state index < -0.39 is 0 Å². The number of rotatable bonds is 5. The molecule has 0 fully saturated rings. The summed E-state index contributed by atoms with van der Waals surface area (Å²) < 4.78 is 0. The van der Waals surface area contributed by atoms with Gasteiger partial charge in [-0.05, 0) is 208 Å². The molecule has 0 atom stereocenters. The van der Waals surface area contributed by atoms with Crippen LogP contribution in [0.3, 0.4) is 0 Å². The second-order valence-electron chi connectivity index (χ2n) is 26.7. The Labute approximate surface area is 808 Å². The lowest BCUT2D eigenvalue weighted by atomic mass is 10.0. The first-order chi connectivity index (χ1) is 63.5. The normalized spacial score (nSPS) is 8.56. The van der Waals surface area contributed by atoms with Crippen LogP contribution in [0, 0.1) is 111 Å². The van der Waals surface area contributed by atoms with Crippen molar-refractivity contribution in [2.45, 2.75) is 325 Å². The molecule has 0 radical (unpaired) electrons. The highest BCUT2D eigenvalue weighted by molar-refractivity contribution is 5.84. The topological polar surface area (TPSA) is 77.3 Å². The fourth-order valence-corrected chi connectivity index (χ4v) is 10.5. The van der Waals surface area contributed by atoms with Crippen molar-refractivity contribution < 1.29 is 0 Å². The van der Waals surface area contributed by atoms with E-state index in [-0.39, 0.29) is 0 Å². The number of hydrogen-bond donors (Lipinski definition) is 0. The van der Waals surface area contributed by atoms with Gasteiger partial charge in [0.05, 0.1) is 11.2 Å². The average molecular weight is 1770 g/mol. The zero-order valence-corrected chi connectivity index (χ0v) is 92.1. The van der Waals surface area contributed by atoms with Crippen LogP contribution in [-0.4, -0.2) is 29.9 Å². The first-order valence-electron chi connectivity index (χ1n) is 49.7. The van der Waals surface area contributed by atoms with Gasteiger partial charge in [-0.1, -0.05) is 482 Å². The van der Waals surface area contributed by atoms with Crippen molar-refractivity contribution in [1.82, 2.24) is 29.9 Å². The monoisotopic (exact) mass is 1770 g/mol. The number of aromatic nitrogens is 6. The molecule has 0 saturated heterocycles. The van der Waals surface area contributed by atoms with E-state index in [9.17, 15) is 0 Å². The quantitative estimate of drug-likeness (QED) is 0.171. The molecule has 0 bridgehead atoms. The summed E-state index contributed by atoms with van der Waals surface area (Å²) in [5, 5.41) is 6.38. The van der Waals surface area contributed by atoms with Gasteiger partial charge in [0.2, 0.25) is 0 Å². The van der Waals surface area contributed by atoms with Crippen LogP contribution in [0.1, 0.15) is 308 Å². The van der Waals surface area contributed by atoms with Crippen molar-refractivity contribution in [3.63, 3.8) is 0 Å². The Morgan fingerprint density at radius 3 is 0.763 bits per heavy atom. The largest absolute Gasteiger partial charge is 0.261 e. The maximum atomic E-state index is 4.40. The first-order valence-corrected chi connectivity index (χ1v) is 49.7. The number of benzene rings is 10. The van der Waals surface area contributed by atoms with Crippen LogP contribution in [0.4, 0.5) is 0 Å². The van der Waals surface area contributed by atoms with Crippen LogP contribution >= 0.6 is 0 Å². The van der Waals surface area contributed by atoms with Crippen LogP contribution in [0.5, 0.6) is 0 Å². The molecule has 6 nitrogen and oxygen atoms in total. The van der Waals surface area contributed by atoms with Gasteiger partial charge in [-0.3, -0.25) is 19.9 Å². The molecule has 0 unspecified atom stereocenters.